The summed E-state index contributed by atoms with van der Waals surface area (Å²) in [7, 11) is 0. The predicted octanol–water partition coefficient (Wildman–Crippen LogP) is 4.08. The highest BCUT2D eigenvalue weighted by Crippen LogP contribution is 2.29. The number of nitrogens with one attached hydrogen (secondary N) is 1. The molecule has 2 heterocycles. The van der Waals surface area contributed by atoms with Crippen LogP contribution in [-0.2, 0) is 5.75 Å². The van der Waals surface area contributed by atoms with Crippen LogP contribution in [0.5, 0.6) is 0 Å². The van der Waals surface area contributed by atoms with Gasteiger partial charge in [-0.15, -0.1) is 11.8 Å². The molecule has 0 spiro atoms. The molecule has 1 saturated heterocycles. The van der Waals surface area contributed by atoms with E-state index in [4.69, 9.17) is 16.1 Å². The summed E-state index contributed by atoms with van der Waals surface area (Å²) in [6, 6.07) is 7.97. The summed E-state index contributed by atoms with van der Waals surface area (Å²) in [4.78, 5) is 5.68. The molecule has 0 aliphatic carbocycles. The summed E-state index contributed by atoms with van der Waals surface area (Å²) in [6.07, 6.45) is 2.42. The van der Waals surface area contributed by atoms with Gasteiger partial charge in [-0.1, -0.05) is 23.7 Å². The highest BCUT2D eigenvalue weighted by molar-refractivity contribution is 7.98. The van der Waals surface area contributed by atoms with Crippen molar-refractivity contribution < 1.29 is 4.52 Å². The lowest BCUT2D eigenvalue weighted by atomic mass is 9.93. The molecule has 112 valence electrons. The minimum Gasteiger partial charge on any atom is -0.338 e. The molecule has 0 saturated carbocycles. The number of benzene rings is 1. The minimum absolute atomic E-state index is 0.195. The lowest BCUT2D eigenvalue weighted by molar-refractivity contribution is 0.239. The van der Waals surface area contributed by atoms with Gasteiger partial charge in [-0.25, -0.2) is 0 Å². The summed E-state index contributed by atoms with van der Waals surface area (Å²) in [5.41, 5.74) is 0. The van der Waals surface area contributed by atoms with Crippen LogP contribution in [0.25, 0.3) is 0 Å². The molecule has 4 nitrogen and oxygen atoms in total. The van der Waals surface area contributed by atoms with Crippen LogP contribution in [0.1, 0.15) is 37.5 Å². The van der Waals surface area contributed by atoms with E-state index in [1.54, 1.807) is 11.8 Å². The van der Waals surface area contributed by atoms with E-state index in [1.807, 2.05) is 24.3 Å². The summed E-state index contributed by atoms with van der Waals surface area (Å²) in [5, 5.41) is 8.29. The quantitative estimate of drug-likeness (QED) is 0.859. The Labute approximate surface area is 133 Å². The van der Waals surface area contributed by atoms with Crippen LogP contribution in [0.3, 0.4) is 0 Å². The van der Waals surface area contributed by atoms with Crippen molar-refractivity contribution in [1.82, 2.24) is 15.5 Å². The zero-order valence-corrected chi connectivity index (χ0v) is 13.5. The van der Waals surface area contributed by atoms with Crippen LogP contribution < -0.4 is 5.32 Å². The molecule has 2 aromatic rings. The lowest BCUT2D eigenvalue weighted by Crippen LogP contribution is -2.33. The SMILES string of the molecule is CC1CCCNC1c1nc(CSc2ccc(Cl)cc2)no1. The van der Waals surface area contributed by atoms with Crippen LogP contribution in [-0.4, -0.2) is 16.7 Å². The Morgan fingerprint density at radius 3 is 2.95 bits per heavy atom. The van der Waals surface area contributed by atoms with Crippen LogP contribution >= 0.6 is 23.4 Å². The smallest absolute Gasteiger partial charge is 0.244 e. The summed E-state index contributed by atoms with van der Waals surface area (Å²) in [5.74, 6) is 2.70. The molecule has 1 fully saturated rings. The van der Waals surface area contributed by atoms with E-state index in [0.717, 1.165) is 22.3 Å². The zero-order chi connectivity index (χ0) is 14.7. The maximum atomic E-state index is 5.88. The molecule has 2 unspecified atom stereocenters. The molecule has 0 bridgehead atoms. The van der Waals surface area contributed by atoms with Crippen molar-refractivity contribution >= 4 is 23.4 Å². The first-order valence-electron chi connectivity index (χ1n) is 7.16. The average Bonchev–Trinajstić information content (AvgIpc) is 2.96. The normalized spacial score (nSPS) is 22.4. The van der Waals surface area contributed by atoms with Gasteiger partial charge < -0.3 is 9.84 Å². The van der Waals surface area contributed by atoms with Crippen molar-refractivity contribution in [1.29, 1.82) is 0 Å². The number of hydrogen-bond donors (Lipinski definition) is 1. The number of thioether (sulfide) groups is 1. The van der Waals surface area contributed by atoms with Gasteiger partial charge >= 0.3 is 0 Å². The van der Waals surface area contributed by atoms with Gasteiger partial charge in [-0.05, 0) is 49.6 Å². The number of rotatable bonds is 4. The monoisotopic (exact) mass is 323 g/mol. The van der Waals surface area contributed by atoms with E-state index in [-0.39, 0.29) is 6.04 Å². The van der Waals surface area contributed by atoms with Crippen LogP contribution in [0.4, 0.5) is 0 Å². The lowest BCUT2D eigenvalue weighted by Gasteiger charge is -2.26. The molecule has 1 aliphatic heterocycles. The number of halogens is 1. The van der Waals surface area contributed by atoms with E-state index in [2.05, 4.69) is 22.4 Å². The fourth-order valence-corrected chi connectivity index (χ4v) is 3.38. The van der Waals surface area contributed by atoms with Crippen LogP contribution in [0.2, 0.25) is 5.02 Å². The van der Waals surface area contributed by atoms with Gasteiger partial charge in [0.15, 0.2) is 5.82 Å². The second-order valence-corrected chi connectivity index (χ2v) is 6.83. The summed E-state index contributed by atoms with van der Waals surface area (Å²) >= 11 is 7.55. The fourth-order valence-electron chi connectivity index (χ4n) is 2.51. The van der Waals surface area contributed by atoms with Gasteiger partial charge in [0.2, 0.25) is 5.89 Å². The average molecular weight is 324 g/mol. The Morgan fingerprint density at radius 2 is 2.19 bits per heavy atom. The molecule has 3 rings (SSSR count). The summed E-state index contributed by atoms with van der Waals surface area (Å²) < 4.78 is 5.42. The second-order valence-electron chi connectivity index (χ2n) is 5.34. The molecule has 2 atom stereocenters. The molecule has 1 aromatic heterocycles. The first kappa shape index (κ1) is 14.9. The zero-order valence-electron chi connectivity index (χ0n) is 11.9. The Hall–Kier alpha value is -1.04. The maximum Gasteiger partial charge on any atom is 0.244 e. The first-order valence-corrected chi connectivity index (χ1v) is 8.53. The van der Waals surface area contributed by atoms with E-state index >= 15 is 0 Å². The molecule has 1 N–H and O–H groups in total. The molecule has 6 heteroatoms. The van der Waals surface area contributed by atoms with Gasteiger partial charge in [0, 0.05) is 9.92 Å². The molecular weight excluding hydrogens is 306 g/mol. The fraction of sp³-hybridized carbons (Fsp3) is 0.467. The van der Waals surface area contributed by atoms with Gasteiger partial charge in [0.05, 0.1) is 11.8 Å². The van der Waals surface area contributed by atoms with Crippen LogP contribution in [0, 0.1) is 5.92 Å². The predicted molar refractivity (Wildman–Crippen MR) is 84.5 cm³/mol. The van der Waals surface area contributed by atoms with Crippen molar-refractivity contribution in [2.45, 2.75) is 36.5 Å². The highest BCUT2D eigenvalue weighted by atomic mass is 35.5. The number of nitrogens with zero attached hydrogens (tertiary/aromatic N) is 2. The third-order valence-electron chi connectivity index (χ3n) is 3.70. The molecule has 1 aromatic carbocycles. The molecular formula is C15H18ClN3OS. The van der Waals surface area contributed by atoms with E-state index in [1.165, 1.54) is 12.8 Å². The first-order chi connectivity index (χ1) is 10.2. The van der Waals surface area contributed by atoms with E-state index in [9.17, 15) is 0 Å². The van der Waals surface area contributed by atoms with Gasteiger partial charge in [0.25, 0.3) is 0 Å². The molecule has 1 aliphatic rings. The number of aromatic nitrogens is 2. The second kappa shape index (κ2) is 6.81. The maximum absolute atomic E-state index is 5.88. The van der Waals surface area contributed by atoms with Crippen molar-refractivity contribution in [2.24, 2.45) is 5.92 Å². The Morgan fingerprint density at radius 1 is 1.38 bits per heavy atom. The minimum atomic E-state index is 0.195. The van der Waals surface area contributed by atoms with E-state index < -0.39 is 0 Å². The Balaban J connectivity index is 1.61. The largest absolute Gasteiger partial charge is 0.338 e. The third-order valence-corrected chi connectivity index (χ3v) is 4.96. The Bertz CT molecular complexity index is 587. The Kier molecular flexibility index (Phi) is 4.83. The van der Waals surface area contributed by atoms with Gasteiger partial charge in [-0.2, -0.15) is 4.98 Å². The van der Waals surface area contributed by atoms with Gasteiger partial charge in [0.1, 0.15) is 0 Å². The number of hydrogen-bond acceptors (Lipinski definition) is 5. The standard InChI is InChI=1S/C15H18ClN3OS/c1-10-3-2-8-17-14(10)15-18-13(19-20-15)9-21-12-6-4-11(16)5-7-12/h4-7,10,14,17H,2-3,8-9H2,1H3. The summed E-state index contributed by atoms with van der Waals surface area (Å²) in [6.45, 7) is 3.25. The molecule has 21 heavy (non-hydrogen) atoms. The van der Waals surface area contributed by atoms with E-state index in [0.29, 0.717) is 17.6 Å². The third kappa shape index (κ3) is 3.78. The topological polar surface area (TPSA) is 51.0 Å². The molecule has 0 radical (unpaired) electrons. The van der Waals surface area contributed by atoms with Crippen LogP contribution in [0.15, 0.2) is 33.7 Å². The van der Waals surface area contributed by atoms with Crippen molar-refractivity contribution in [3.8, 4) is 0 Å². The van der Waals surface area contributed by atoms with Crippen molar-refractivity contribution in [2.75, 3.05) is 6.54 Å². The highest BCUT2D eigenvalue weighted by Gasteiger charge is 2.27. The van der Waals surface area contributed by atoms with Crippen molar-refractivity contribution in [3.63, 3.8) is 0 Å². The van der Waals surface area contributed by atoms with Crippen molar-refractivity contribution in [3.05, 3.63) is 41.0 Å². The molecule has 0 amide bonds. The number of piperidine rings is 1. The van der Waals surface area contributed by atoms with Gasteiger partial charge in [-0.3, -0.25) is 0 Å².